The van der Waals surface area contributed by atoms with Gasteiger partial charge >= 0.3 is 4.87 Å². The Bertz CT molecular complexity index is 1530. The van der Waals surface area contributed by atoms with Gasteiger partial charge in [-0.05, 0) is 67.3 Å². The molecular weight excluding hydrogens is 502 g/mol. The van der Waals surface area contributed by atoms with Gasteiger partial charge in [0.1, 0.15) is 0 Å². The van der Waals surface area contributed by atoms with Gasteiger partial charge in [0, 0.05) is 29.8 Å². The summed E-state index contributed by atoms with van der Waals surface area (Å²) in [6.07, 6.45) is 1.72. The highest BCUT2D eigenvalue weighted by molar-refractivity contribution is 7.89. The number of hydrogen-bond acceptors (Lipinski definition) is 5. The third-order valence-corrected chi connectivity index (χ3v) is 9.07. The molecule has 182 valence electrons. The second kappa shape index (κ2) is 9.78. The van der Waals surface area contributed by atoms with Crippen molar-refractivity contribution in [3.8, 4) is 0 Å². The molecule has 0 aliphatic carbocycles. The lowest BCUT2D eigenvalue weighted by molar-refractivity contribution is 0.576. The number of rotatable bonds is 8. The van der Waals surface area contributed by atoms with E-state index in [0.29, 0.717) is 35.3 Å². The third-order valence-electron chi connectivity index (χ3n) is 6.42. The summed E-state index contributed by atoms with van der Waals surface area (Å²) in [5.41, 5.74) is 4.25. The number of aromatic nitrogens is 1. The molecule has 0 radical (unpaired) electrons. The number of sulfonamides is 1. The second-order valence-corrected chi connectivity index (χ2v) is 12.0. The van der Waals surface area contributed by atoms with Gasteiger partial charge in [-0.2, -0.15) is 0 Å². The van der Waals surface area contributed by atoms with Gasteiger partial charge in [0.05, 0.1) is 21.7 Å². The summed E-state index contributed by atoms with van der Waals surface area (Å²) in [6.45, 7) is 3.73. The molecule has 0 spiro atoms. The molecule has 4 aromatic rings. The summed E-state index contributed by atoms with van der Waals surface area (Å²) >= 11 is 7.01. The quantitative estimate of drug-likeness (QED) is 0.331. The van der Waals surface area contributed by atoms with Crippen molar-refractivity contribution in [2.24, 2.45) is 0 Å². The standard InChI is InChI=1S/C26H26ClN3O3S2/c1-18-15-20-5-2-3-6-23(20)29(18)14-4-13-28-35(32,33)22-11-12-24-25(16-22)34-26(31)30(24)17-19-7-9-21(27)10-8-19/h2-3,5-12,16,18,28H,4,13-15,17H2,1H3/t18-/m0/s1. The van der Waals surface area contributed by atoms with E-state index in [2.05, 4.69) is 34.7 Å². The number of fused-ring (bicyclic) bond motifs is 2. The number of nitrogens with one attached hydrogen (secondary N) is 1. The Hall–Kier alpha value is -2.65. The number of anilines is 1. The maximum absolute atomic E-state index is 12.9. The molecule has 0 saturated carbocycles. The van der Waals surface area contributed by atoms with Gasteiger partial charge < -0.3 is 4.90 Å². The molecule has 9 heteroatoms. The lowest BCUT2D eigenvalue weighted by atomic mass is 10.1. The zero-order chi connectivity index (χ0) is 24.6. The van der Waals surface area contributed by atoms with Crippen LogP contribution in [-0.2, 0) is 23.0 Å². The van der Waals surface area contributed by atoms with Crippen LogP contribution < -0.4 is 14.5 Å². The Morgan fingerprint density at radius 3 is 2.66 bits per heavy atom. The number of para-hydroxylation sites is 1. The summed E-state index contributed by atoms with van der Waals surface area (Å²) in [4.78, 5) is 15.0. The molecule has 6 nitrogen and oxygen atoms in total. The summed E-state index contributed by atoms with van der Waals surface area (Å²) in [5.74, 6) is 0. The second-order valence-electron chi connectivity index (χ2n) is 8.84. The Morgan fingerprint density at radius 2 is 1.86 bits per heavy atom. The fourth-order valence-corrected chi connectivity index (χ4v) is 6.88. The Kier molecular flexibility index (Phi) is 6.72. The highest BCUT2D eigenvalue weighted by atomic mass is 35.5. The van der Waals surface area contributed by atoms with E-state index in [-0.39, 0.29) is 9.77 Å². The van der Waals surface area contributed by atoms with E-state index in [9.17, 15) is 13.2 Å². The van der Waals surface area contributed by atoms with Crippen LogP contribution in [0.15, 0.2) is 76.4 Å². The third kappa shape index (κ3) is 5.02. The molecule has 0 amide bonds. The van der Waals surface area contributed by atoms with Crippen LogP contribution in [0.4, 0.5) is 5.69 Å². The van der Waals surface area contributed by atoms with Crippen molar-refractivity contribution >= 4 is 48.9 Å². The highest BCUT2D eigenvalue weighted by Gasteiger charge is 2.25. The largest absolute Gasteiger partial charge is 0.368 e. The van der Waals surface area contributed by atoms with Crippen LogP contribution in [0.25, 0.3) is 10.2 Å². The molecule has 0 saturated heterocycles. The number of benzene rings is 3. The van der Waals surface area contributed by atoms with Gasteiger partial charge in [-0.25, -0.2) is 13.1 Å². The first-order valence-electron chi connectivity index (χ1n) is 11.5. The monoisotopic (exact) mass is 527 g/mol. The van der Waals surface area contributed by atoms with E-state index in [1.807, 2.05) is 18.2 Å². The molecule has 0 bridgehead atoms. The minimum atomic E-state index is -3.68. The molecule has 1 aromatic heterocycles. The normalized spacial score (nSPS) is 15.6. The van der Waals surface area contributed by atoms with Crippen molar-refractivity contribution in [2.75, 3.05) is 18.0 Å². The SMILES string of the molecule is C[C@H]1Cc2ccccc2N1CCCNS(=O)(=O)c1ccc2c(c1)sc(=O)n2Cc1ccc(Cl)cc1. The van der Waals surface area contributed by atoms with Crippen LogP contribution in [-0.4, -0.2) is 32.1 Å². The summed E-state index contributed by atoms with van der Waals surface area (Å²) in [5, 5.41) is 0.637. The first-order valence-corrected chi connectivity index (χ1v) is 14.2. The number of halogens is 1. The van der Waals surface area contributed by atoms with Crippen LogP contribution in [0.3, 0.4) is 0 Å². The smallest absolute Gasteiger partial charge is 0.308 e. The fourth-order valence-electron chi connectivity index (χ4n) is 4.65. The van der Waals surface area contributed by atoms with Gasteiger partial charge in [0.2, 0.25) is 10.0 Å². The van der Waals surface area contributed by atoms with Crippen LogP contribution in [0, 0.1) is 0 Å². The minimum absolute atomic E-state index is 0.127. The first-order chi connectivity index (χ1) is 16.8. The molecule has 2 heterocycles. The van der Waals surface area contributed by atoms with E-state index in [1.54, 1.807) is 34.9 Å². The predicted molar refractivity (Wildman–Crippen MR) is 143 cm³/mol. The van der Waals surface area contributed by atoms with Gasteiger partial charge in [0.25, 0.3) is 0 Å². The van der Waals surface area contributed by atoms with Crippen LogP contribution in [0.1, 0.15) is 24.5 Å². The zero-order valence-electron chi connectivity index (χ0n) is 19.3. The highest BCUT2D eigenvalue weighted by Crippen LogP contribution is 2.31. The maximum Gasteiger partial charge on any atom is 0.308 e. The predicted octanol–water partition coefficient (Wildman–Crippen LogP) is 4.88. The molecule has 1 atom stereocenters. The van der Waals surface area contributed by atoms with Gasteiger partial charge in [-0.1, -0.05) is 53.3 Å². The van der Waals surface area contributed by atoms with Crippen molar-refractivity contribution in [3.63, 3.8) is 0 Å². The van der Waals surface area contributed by atoms with Gasteiger partial charge in [0.15, 0.2) is 0 Å². The number of hydrogen-bond donors (Lipinski definition) is 1. The lowest BCUT2D eigenvalue weighted by Gasteiger charge is -2.24. The van der Waals surface area contributed by atoms with Gasteiger partial charge in [-0.15, -0.1) is 0 Å². The van der Waals surface area contributed by atoms with E-state index in [1.165, 1.54) is 11.3 Å². The van der Waals surface area contributed by atoms with Crippen LogP contribution in [0.5, 0.6) is 0 Å². The Labute approximate surface area is 213 Å². The fraction of sp³-hybridized carbons (Fsp3) is 0.269. The first kappa shape index (κ1) is 24.1. The van der Waals surface area contributed by atoms with Crippen LogP contribution >= 0.6 is 22.9 Å². The summed E-state index contributed by atoms with van der Waals surface area (Å²) in [6, 6.07) is 21.0. The van der Waals surface area contributed by atoms with E-state index >= 15 is 0 Å². The van der Waals surface area contributed by atoms with Gasteiger partial charge in [-0.3, -0.25) is 9.36 Å². The Balaban J connectivity index is 1.25. The van der Waals surface area contributed by atoms with E-state index < -0.39 is 10.0 Å². The molecule has 35 heavy (non-hydrogen) atoms. The zero-order valence-corrected chi connectivity index (χ0v) is 21.7. The maximum atomic E-state index is 12.9. The molecule has 5 rings (SSSR count). The average Bonchev–Trinajstić information content (AvgIpc) is 3.33. The average molecular weight is 528 g/mol. The topological polar surface area (TPSA) is 71.4 Å². The van der Waals surface area contributed by atoms with Crippen LogP contribution in [0.2, 0.25) is 5.02 Å². The van der Waals surface area contributed by atoms with Crippen molar-refractivity contribution in [1.82, 2.24) is 9.29 Å². The molecule has 1 aliphatic rings. The Morgan fingerprint density at radius 1 is 1.09 bits per heavy atom. The number of nitrogens with zero attached hydrogens (tertiary/aromatic N) is 2. The minimum Gasteiger partial charge on any atom is -0.368 e. The summed E-state index contributed by atoms with van der Waals surface area (Å²) < 4.78 is 30.9. The van der Waals surface area contributed by atoms with E-state index in [4.69, 9.17) is 11.6 Å². The van der Waals surface area contributed by atoms with Crippen molar-refractivity contribution in [3.05, 3.63) is 92.5 Å². The molecule has 0 fully saturated rings. The molecule has 3 aromatic carbocycles. The van der Waals surface area contributed by atoms with E-state index in [0.717, 1.165) is 35.4 Å². The molecule has 1 N–H and O–H groups in total. The molecular formula is C26H26ClN3O3S2. The summed E-state index contributed by atoms with van der Waals surface area (Å²) in [7, 11) is -3.68. The number of thiazole rings is 1. The van der Waals surface area contributed by atoms with Crippen molar-refractivity contribution in [1.29, 1.82) is 0 Å². The van der Waals surface area contributed by atoms with Crippen molar-refractivity contribution < 1.29 is 8.42 Å². The van der Waals surface area contributed by atoms with Crippen molar-refractivity contribution in [2.45, 2.75) is 37.2 Å². The lowest BCUT2D eigenvalue weighted by Crippen LogP contribution is -2.33. The molecule has 0 unspecified atom stereocenters. The molecule has 1 aliphatic heterocycles.